The van der Waals surface area contributed by atoms with Gasteiger partial charge in [-0.05, 0) is 25.8 Å². The Bertz CT molecular complexity index is 306. The lowest BCUT2D eigenvalue weighted by Crippen LogP contribution is -2.21. The predicted octanol–water partition coefficient (Wildman–Crippen LogP) is 0.404. The van der Waals surface area contributed by atoms with Gasteiger partial charge in [-0.1, -0.05) is 0 Å². The topological polar surface area (TPSA) is 55.1 Å². The first-order valence-electron chi connectivity index (χ1n) is 4.40. The van der Waals surface area contributed by atoms with E-state index in [1.807, 2.05) is 0 Å². The van der Waals surface area contributed by atoms with Crippen molar-refractivity contribution in [3.05, 3.63) is 28.7 Å². The average molecular weight is 182 g/mol. The van der Waals surface area contributed by atoms with Gasteiger partial charge in [0.05, 0.1) is 6.10 Å². The highest BCUT2D eigenvalue weighted by Gasteiger charge is 1.98. The Kier molecular flexibility index (Phi) is 3.64. The SMILES string of the molecule is CC(O)CCCn1ncccc1=O. The molecule has 1 aromatic heterocycles. The van der Waals surface area contributed by atoms with Crippen molar-refractivity contribution in [2.24, 2.45) is 0 Å². The van der Waals surface area contributed by atoms with Crippen molar-refractivity contribution in [3.63, 3.8) is 0 Å². The molecule has 0 aliphatic carbocycles. The molecule has 0 amide bonds. The fourth-order valence-electron chi connectivity index (χ4n) is 1.09. The Morgan fingerprint density at radius 1 is 1.69 bits per heavy atom. The number of aliphatic hydroxyl groups excluding tert-OH is 1. The Morgan fingerprint density at radius 2 is 2.46 bits per heavy atom. The molecule has 4 nitrogen and oxygen atoms in total. The van der Waals surface area contributed by atoms with Gasteiger partial charge in [0.2, 0.25) is 0 Å². The van der Waals surface area contributed by atoms with Crippen LogP contribution < -0.4 is 5.56 Å². The van der Waals surface area contributed by atoms with E-state index in [2.05, 4.69) is 5.10 Å². The third-order valence-electron chi connectivity index (χ3n) is 1.78. The van der Waals surface area contributed by atoms with E-state index >= 15 is 0 Å². The normalized spacial score (nSPS) is 12.8. The van der Waals surface area contributed by atoms with Crippen molar-refractivity contribution < 1.29 is 5.11 Å². The number of aryl methyl sites for hydroxylation is 1. The van der Waals surface area contributed by atoms with Crippen molar-refractivity contribution in [2.45, 2.75) is 32.4 Å². The number of rotatable bonds is 4. The minimum Gasteiger partial charge on any atom is -0.393 e. The van der Waals surface area contributed by atoms with Gasteiger partial charge in [-0.15, -0.1) is 0 Å². The third-order valence-corrected chi connectivity index (χ3v) is 1.78. The van der Waals surface area contributed by atoms with Crippen LogP contribution in [0.1, 0.15) is 19.8 Å². The monoisotopic (exact) mass is 182 g/mol. The molecule has 0 aliphatic heterocycles. The maximum atomic E-state index is 11.1. The van der Waals surface area contributed by atoms with E-state index in [-0.39, 0.29) is 11.7 Å². The van der Waals surface area contributed by atoms with Gasteiger partial charge in [-0.3, -0.25) is 4.79 Å². The Morgan fingerprint density at radius 3 is 3.08 bits per heavy atom. The maximum absolute atomic E-state index is 11.1. The Balaban J connectivity index is 2.46. The standard InChI is InChI=1S/C9H14N2O2/c1-8(12)4-3-7-11-9(13)5-2-6-10-11/h2,5-6,8,12H,3-4,7H2,1H3. The Hall–Kier alpha value is -1.16. The lowest BCUT2D eigenvalue weighted by atomic mass is 10.2. The van der Waals surface area contributed by atoms with E-state index in [1.165, 1.54) is 10.7 Å². The highest BCUT2D eigenvalue weighted by Crippen LogP contribution is 1.96. The van der Waals surface area contributed by atoms with Crippen LogP contribution in [0.3, 0.4) is 0 Å². The molecule has 1 atom stereocenters. The summed E-state index contributed by atoms with van der Waals surface area (Å²) in [6, 6.07) is 3.10. The summed E-state index contributed by atoms with van der Waals surface area (Å²) < 4.78 is 1.41. The average Bonchev–Trinajstić information content (AvgIpc) is 2.08. The number of aliphatic hydroxyl groups is 1. The van der Waals surface area contributed by atoms with Crippen molar-refractivity contribution in [2.75, 3.05) is 0 Å². The van der Waals surface area contributed by atoms with Gasteiger partial charge in [0.15, 0.2) is 0 Å². The molecule has 72 valence electrons. The van der Waals surface area contributed by atoms with Gasteiger partial charge >= 0.3 is 0 Å². The summed E-state index contributed by atoms with van der Waals surface area (Å²) in [7, 11) is 0. The molecular formula is C9H14N2O2. The minimum atomic E-state index is -0.306. The summed E-state index contributed by atoms with van der Waals surface area (Å²) in [4.78, 5) is 11.1. The van der Waals surface area contributed by atoms with E-state index in [4.69, 9.17) is 5.11 Å². The summed E-state index contributed by atoms with van der Waals surface area (Å²) in [5, 5.41) is 12.9. The molecule has 0 spiro atoms. The van der Waals surface area contributed by atoms with Crippen molar-refractivity contribution >= 4 is 0 Å². The molecular weight excluding hydrogens is 168 g/mol. The summed E-state index contributed by atoms with van der Waals surface area (Å²) in [5.74, 6) is 0. The molecule has 0 saturated heterocycles. The summed E-state index contributed by atoms with van der Waals surface area (Å²) in [6.45, 7) is 2.31. The lowest BCUT2D eigenvalue weighted by molar-refractivity contribution is 0.178. The van der Waals surface area contributed by atoms with Gasteiger partial charge in [-0.25, -0.2) is 4.68 Å². The third kappa shape index (κ3) is 3.38. The molecule has 1 rings (SSSR count). The second-order valence-corrected chi connectivity index (χ2v) is 3.08. The van der Waals surface area contributed by atoms with Crippen LogP contribution in [0.5, 0.6) is 0 Å². The van der Waals surface area contributed by atoms with Crippen LogP contribution >= 0.6 is 0 Å². The Labute approximate surface area is 76.8 Å². The summed E-state index contributed by atoms with van der Waals surface area (Å²) in [5.41, 5.74) is -0.0897. The van der Waals surface area contributed by atoms with Crippen LogP contribution in [0.4, 0.5) is 0 Å². The van der Waals surface area contributed by atoms with E-state index in [1.54, 1.807) is 19.2 Å². The van der Waals surface area contributed by atoms with Gasteiger partial charge in [0.25, 0.3) is 5.56 Å². The van der Waals surface area contributed by atoms with Gasteiger partial charge in [0.1, 0.15) is 0 Å². The molecule has 0 saturated carbocycles. The first-order valence-corrected chi connectivity index (χ1v) is 4.40. The highest BCUT2D eigenvalue weighted by atomic mass is 16.3. The second kappa shape index (κ2) is 4.77. The van der Waals surface area contributed by atoms with Gasteiger partial charge < -0.3 is 5.11 Å². The van der Waals surface area contributed by atoms with E-state index in [9.17, 15) is 4.79 Å². The molecule has 1 N–H and O–H groups in total. The van der Waals surface area contributed by atoms with Crippen LogP contribution in [0.25, 0.3) is 0 Å². The molecule has 0 aromatic carbocycles. The summed E-state index contributed by atoms with van der Waals surface area (Å²) in [6.07, 6.45) is 2.75. The quantitative estimate of drug-likeness (QED) is 0.733. The zero-order valence-corrected chi connectivity index (χ0v) is 7.68. The molecule has 13 heavy (non-hydrogen) atoms. The van der Waals surface area contributed by atoms with E-state index in [0.717, 1.165) is 6.42 Å². The molecule has 0 fully saturated rings. The van der Waals surface area contributed by atoms with E-state index < -0.39 is 0 Å². The number of nitrogens with zero attached hydrogens (tertiary/aromatic N) is 2. The van der Waals surface area contributed by atoms with Gasteiger partial charge in [-0.2, -0.15) is 5.10 Å². The molecule has 4 heteroatoms. The molecule has 1 unspecified atom stereocenters. The van der Waals surface area contributed by atoms with Crippen molar-refractivity contribution in [1.82, 2.24) is 9.78 Å². The maximum Gasteiger partial charge on any atom is 0.266 e. The van der Waals surface area contributed by atoms with Crippen LogP contribution in [0.2, 0.25) is 0 Å². The zero-order chi connectivity index (χ0) is 9.68. The molecule has 0 bridgehead atoms. The summed E-state index contributed by atoms with van der Waals surface area (Å²) >= 11 is 0. The van der Waals surface area contributed by atoms with Gasteiger partial charge in [0, 0.05) is 18.8 Å². The number of aromatic nitrogens is 2. The lowest BCUT2D eigenvalue weighted by Gasteiger charge is -2.04. The minimum absolute atomic E-state index is 0.0897. The number of hydrogen-bond donors (Lipinski definition) is 1. The first kappa shape index (κ1) is 9.92. The molecule has 0 aliphatic rings. The number of hydrogen-bond acceptors (Lipinski definition) is 3. The predicted molar refractivity (Wildman–Crippen MR) is 49.4 cm³/mol. The largest absolute Gasteiger partial charge is 0.393 e. The fraction of sp³-hybridized carbons (Fsp3) is 0.556. The fourth-order valence-corrected chi connectivity index (χ4v) is 1.09. The van der Waals surface area contributed by atoms with Crippen LogP contribution in [-0.4, -0.2) is 21.0 Å². The zero-order valence-electron chi connectivity index (χ0n) is 7.68. The molecule has 0 radical (unpaired) electrons. The molecule has 1 heterocycles. The van der Waals surface area contributed by atoms with E-state index in [0.29, 0.717) is 13.0 Å². The van der Waals surface area contributed by atoms with Crippen molar-refractivity contribution in [1.29, 1.82) is 0 Å². The second-order valence-electron chi connectivity index (χ2n) is 3.08. The smallest absolute Gasteiger partial charge is 0.266 e. The van der Waals surface area contributed by atoms with Crippen molar-refractivity contribution in [3.8, 4) is 0 Å². The van der Waals surface area contributed by atoms with Crippen LogP contribution in [0, 0.1) is 0 Å². The first-order chi connectivity index (χ1) is 6.20. The van der Waals surface area contributed by atoms with Crippen LogP contribution in [0.15, 0.2) is 23.1 Å². The van der Waals surface area contributed by atoms with Crippen LogP contribution in [-0.2, 0) is 6.54 Å². The highest BCUT2D eigenvalue weighted by molar-refractivity contribution is 4.84. The molecule has 1 aromatic rings.